The van der Waals surface area contributed by atoms with Crippen molar-refractivity contribution in [3.8, 4) is 6.07 Å². The summed E-state index contributed by atoms with van der Waals surface area (Å²) < 4.78 is 13.3. The second-order valence-electron chi connectivity index (χ2n) is 5.92. The molecule has 1 N–H and O–H groups in total. The number of nitrogens with one attached hydrogen (secondary N) is 1. The maximum atomic E-state index is 13.3. The van der Waals surface area contributed by atoms with Crippen LogP contribution in [-0.2, 0) is 16.0 Å². The third kappa shape index (κ3) is 3.88. The zero-order valence-electron chi connectivity index (χ0n) is 14.8. The molecule has 1 atom stereocenters. The Labute approximate surface area is 170 Å². The van der Waals surface area contributed by atoms with Crippen molar-refractivity contribution >= 4 is 40.9 Å². The summed E-state index contributed by atoms with van der Waals surface area (Å²) in [6.45, 7) is 0. The number of amides is 2. The molecule has 0 bridgehead atoms. The molecule has 1 unspecified atom stereocenters. The SMILES string of the molecule is CNC(=O)C(C#N)=C1SC(Cc2ccccc2Cl)C(=O)N1c1ccc(F)cc1. The molecule has 0 aromatic heterocycles. The highest BCUT2D eigenvalue weighted by Crippen LogP contribution is 2.42. The van der Waals surface area contributed by atoms with Crippen molar-refractivity contribution in [2.24, 2.45) is 0 Å². The molecule has 3 rings (SSSR count). The Bertz CT molecular complexity index is 1000. The number of nitrogens with zero attached hydrogens (tertiary/aromatic N) is 2. The van der Waals surface area contributed by atoms with Gasteiger partial charge in [-0.3, -0.25) is 14.5 Å². The van der Waals surface area contributed by atoms with Crippen LogP contribution in [-0.4, -0.2) is 24.1 Å². The number of benzene rings is 2. The van der Waals surface area contributed by atoms with Crippen LogP contribution in [0.3, 0.4) is 0 Å². The average Bonchev–Trinajstić information content (AvgIpc) is 3.01. The molecule has 1 aliphatic rings. The molecule has 0 spiro atoms. The quantitative estimate of drug-likeness (QED) is 0.611. The summed E-state index contributed by atoms with van der Waals surface area (Å²) in [6, 6.07) is 14.4. The van der Waals surface area contributed by atoms with E-state index in [4.69, 9.17) is 11.6 Å². The van der Waals surface area contributed by atoms with Gasteiger partial charge < -0.3 is 5.32 Å². The van der Waals surface area contributed by atoms with Gasteiger partial charge >= 0.3 is 0 Å². The fraction of sp³-hybridized carbons (Fsp3) is 0.150. The van der Waals surface area contributed by atoms with E-state index in [0.29, 0.717) is 17.1 Å². The Morgan fingerprint density at radius 1 is 1.29 bits per heavy atom. The largest absolute Gasteiger partial charge is 0.354 e. The summed E-state index contributed by atoms with van der Waals surface area (Å²) >= 11 is 7.34. The predicted molar refractivity (Wildman–Crippen MR) is 107 cm³/mol. The third-order valence-corrected chi connectivity index (χ3v) is 5.81. The van der Waals surface area contributed by atoms with Crippen LogP contribution >= 0.6 is 23.4 Å². The van der Waals surface area contributed by atoms with E-state index in [9.17, 15) is 19.2 Å². The molecular formula is C20H15ClFN3O2S. The summed E-state index contributed by atoms with van der Waals surface area (Å²) in [5.41, 5.74) is 0.993. The van der Waals surface area contributed by atoms with Crippen LogP contribution in [0, 0.1) is 17.1 Å². The first kappa shape index (κ1) is 19.9. The number of nitriles is 1. The summed E-state index contributed by atoms with van der Waals surface area (Å²) in [6.07, 6.45) is 0.330. The summed E-state index contributed by atoms with van der Waals surface area (Å²) in [4.78, 5) is 26.6. The van der Waals surface area contributed by atoms with E-state index >= 15 is 0 Å². The second-order valence-corrected chi connectivity index (χ2v) is 7.52. The van der Waals surface area contributed by atoms with Crippen molar-refractivity contribution in [3.63, 3.8) is 0 Å². The average molecular weight is 416 g/mol. The standard InChI is InChI=1S/C20H15ClFN3O2S/c1-24-18(26)15(11-23)20-25(14-8-6-13(22)7-9-14)19(27)17(28-20)10-12-4-2-3-5-16(12)21/h2-9,17H,10H2,1H3,(H,24,26). The number of hydrogen-bond donors (Lipinski definition) is 1. The van der Waals surface area contributed by atoms with Crippen LogP contribution < -0.4 is 10.2 Å². The van der Waals surface area contributed by atoms with Crippen molar-refractivity contribution < 1.29 is 14.0 Å². The van der Waals surface area contributed by atoms with Gasteiger partial charge in [-0.1, -0.05) is 41.6 Å². The molecule has 1 saturated heterocycles. The Hall–Kier alpha value is -2.82. The zero-order valence-corrected chi connectivity index (χ0v) is 16.4. The predicted octanol–water partition coefficient (Wildman–Crippen LogP) is 3.65. The van der Waals surface area contributed by atoms with Crippen LogP contribution in [0.2, 0.25) is 5.02 Å². The minimum absolute atomic E-state index is 0.174. The molecule has 1 fully saturated rings. The highest BCUT2D eigenvalue weighted by atomic mass is 35.5. The lowest BCUT2D eigenvalue weighted by Gasteiger charge is -2.18. The third-order valence-electron chi connectivity index (χ3n) is 4.18. The van der Waals surface area contributed by atoms with Crippen molar-refractivity contribution in [1.82, 2.24) is 5.32 Å². The summed E-state index contributed by atoms with van der Waals surface area (Å²) in [5, 5.41) is 12.1. The number of carbonyl (C=O) groups is 2. The van der Waals surface area contributed by atoms with E-state index in [-0.39, 0.29) is 16.5 Å². The molecule has 1 heterocycles. The van der Waals surface area contributed by atoms with E-state index in [1.165, 1.54) is 36.2 Å². The van der Waals surface area contributed by atoms with Gasteiger partial charge in [-0.2, -0.15) is 5.26 Å². The first-order valence-corrected chi connectivity index (χ1v) is 9.58. The van der Waals surface area contributed by atoms with Crippen LogP contribution in [0.5, 0.6) is 0 Å². The van der Waals surface area contributed by atoms with Crippen LogP contribution in [0.15, 0.2) is 59.1 Å². The molecule has 2 aromatic carbocycles. The monoisotopic (exact) mass is 415 g/mol. The first-order chi connectivity index (χ1) is 13.5. The molecule has 8 heteroatoms. The molecule has 5 nitrogen and oxygen atoms in total. The number of anilines is 1. The summed E-state index contributed by atoms with van der Waals surface area (Å²) in [5.74, 6) is -1.35. The van der Waals surface area contributed by atoms with Crippen molar-refractivity contribution in [3.05, 3.63) is 75.5 Å². The van der Waals surface area contributed by atoms with Gasteiger partial charge in [0, 0.05) is 17.8 Å². The topological polar surface area (TPSA) is 73.2 Å². The zero-order chi connectivity index (χ0) is 20.3. The molecule has 2 amide bonds. The van der Waals surface area contributed by atoms with Gasteiger partial charge in [-0.25, -0.2) is 4.39 Å². The highest BCUT2D eigenvalue weighted by Gasteiger charge is 2.40. The Morgan fingerprint density at radius 2 is 1.96 bits per heavy atom. The van der Waals surface area contributed by atoms with Gasteiger partial charge in [0.1, 0.15) is 22.5 Å². The Kier molecular flexibility index (Phi) is 6.02. The Morgan fingerprint density at radius 3 is 2.57 bits per heavy atom. The Balaban J connectivity index is 2.06. The van der Waals surface area contributed by atoms with E-state index in [1.54, 1.807) is 12.1 Å². The fourth-order valence-corrected chi connectivity index (χ4v) is 4.31. The van der Waals surface area contributed by atoms with Crippen molar-refractivity contribution in [1.29, 1.82) is 5.26 Å². The molecule has 2 aromatic rings. The van der Waals surface area contributed by atoms with Gasteiger partial charge in [0.25, 0.3) is 5.91 Å². The molecule has 0 radical (unpaired) electrons. The van der Waals surface area contributed by atoms with Gasteiger partial charge in [-0.15, -0.1) is 0 Å². The number of thioether (sulfide) groups is 1. The smallest absolute Gasteiger partial charge is 0.264 e. The molecule has 28 heavy (non-hydrogen) atoms. The minimum Gasteiger partial charge on any atom is -0.354 e. The lowest BCUT2D eigenvalue weighted by atomic mass is 10.1. The van der Waals surface area contributed by atoms with E-state index < -0.39 is 17.0 Å². The number of carbonyl (C=O) groups excluding carboxylic acids is 2. The van der Waals surface area contributed by atoms with E-state index in [2.05, 4.69) is 5.32 Å². The normalized spacial score (nSPS) is 18.0. The van der Waals surface area contributed by atoms with Crippen LogP contribution in [0.25, 0.3) is 0 Å². The molecule has 142 valence electrons. The lowest BCUT2D eigenvalue weighted by molar-refractivity contribution is -0.117. The van der Waals surface area contributed by atoms with Crippen LogP contribution in [0.1, 0.15) is 5.56 Å². The molecular weight excluding hydrogens is 401 g/mol. The van der Waals surface area contributed by atoms with Crippen LogP contribution in [0.4, 0.5) is 10.1 Å². The fourth-order valence-electron chi connectivity index (χ4n) is 2.80. The van der Waals surface area contributed by atoms with Gasteiger partial charge in [0.05, 0.1) is 5.25 Å². The van der Waals surface area contributed by atoms with Gasteiger partial charge in [-0.05, 0) is 42.3 Å². The highest BCUT2D eigenvalue weighted by molar-refractivity contribution is 8.05. The lowest BCUT2D eigenvalue weighted by Crippen LogP contribution is -2.31. The number of rotatable bonds is 4. The van der Waals surface area contributed by atoms with E-state index in [1.807, 2.05) is 18.2 Å². The number of hydrogen-bond acceptors (Lipinski definition) is 4. The minimum atomic E-state index is -0.594. The maximum Gasteiger partial charge on any atom is 0.264 e. The van der Waals surface area contributed by atoms with Gasteiger partial charge in [0.2, 0.25) is 5.91 Å². The molecule has 0 saturated carbocycles. The second kappa shape index (κ2) is 8.46. The summed E-state index contributed by atoms with van der Waals surface area (Å²) in [7, 11) is 1.41. The van der Waals surface area contributed by atoms with Crippen molar-refractivity contribution in [2.45, 2.75) is 11.7 Å². The number of likely N-dealkylation sites (N-methyl/N-ethyl adjacent to an activating group) is 1. The molecule has 0 aliphatic carbocycles. The van der Waals surface area contributed by atoms with E-state index in [0.717, 1.165) is 17.3 Å². The number of halogens is 2. The maximum absolute atomic E-state index is 13.3. The molecule has 1 aliphatic heterocycles. The first-order valence-electron chi connectivity index (χ1n) is 8.32. The van der Waals surface area contributed by atoms with Crippen molar-refractivity contribution in [2.75, 3.05) is 11.9 Å². The van der Waals surface area contributed by atoms with Gasteiger partial charge in [0.15, 0.2) is 0 Å².